The molecule has 100 valence electrons. The van der Waals surface area contributed by atoms with Crippen LogP contribution in [0.2, 0.25) is 0 Å². The average molecular weight is 256 g/mol. The van der Waals surface area contributed by atoms with E-state index in [4.69, 9.17) is 4.74 Å². The topological polar surface area (TPSA) is 69.9 Å². The minimum atomic E-state index is -2.05. The van der Waals surface area contributed by atoms with Crippen LogP contribution < -0.4 is 0 Å². The summed E-state index contributed by atoms with van der Waals surface area (Å²) in [5.41, 5.74) is -1.36. The molecular weight excluding hydrogens is 239 g/mol. The van der Waals surface area contributed by atoms with Gasteiger partial charge in [-0.3, -0.25) is 0 Å². The first-order valence-corrected chi connectivity index (χ1v) is 5.87. The van der Waals surface area contributed by atoms with Gasteiger partial charge in [0.05, 0.1) is 6.10 Å². The zero-order valence-electron chi connectivity index (χ0n) is 10.0. The van der Waals surface area contributed by atoms with Crippen LogP contribution in [0, 0.1) is 0 Å². The summed E-state index contributed by atoms with van der Waals surface area (Å²) in [7, 11) is 0. The van der Waals surface area contributed by atoms with Crippen molar-refractivity contribution in [1.29, 1.82) is 0 Å². The Hall–Kier alpha value is -1.01. The van der Waals surface area contributed by atoms with Crippen LogP contribution >= 0.6 is 0 Å². The van der Waals surface area contributed by atoms with Crippen LogP contribution in [0.5, 0.6) is 0 Å². The van der Waals surface area contributed by atoms with Gasteiger partial charge in [-0.1, -0.05) is 30.3 Å². The summed E-state index contributed by atoms with van der Waals surface area (Å²) in [5, 5.41) is 29.7. The summed E-state index contributed by atoms with van der Waals surface area (Å²) < 4.78 is 18.8. The Labute approximate surface area is 105 Å². The largest absolute Gasteiger partial charge is 0.387 e. The molecule has 0 bridgehead atoms. The normalized spacial score (nSPS) is 40.7. The summed E-state index contributed by atoms with van der Waals surface area (Å²) in [6, 6.07) is 8.78. The Bertz CT molecular complexity index is 383. The summed E-state index contributed by atoms with van der Waals surface area (Å²) in [5.74, 6) is 0. The number of aliphatic hydroxyl groups is 3. The van der Waals surface area contributed by atoms with Crippen LogP contribution in [0.3, 0.4) is 0 Å². The second-order valence-electron chi connectivity index (χ2n) is 4.73. The third kappa shape index (κ3) is 2.27. The Morgan fingerprint density at radius 1 is 1.28 bits per heavy atom. The first kappa shape index (κ1) is 13.4. The van der Waals surface area contributed by atoms with E-state index in [1.54, 1.807) is 30.3 Å². The van der Waals surface area contributed by atoms with E-state index in [9.17, 15) is 19.7 Å². The van der Waals surface area contributed by atoms with Crippen molar-refractivity contribution in [2.24, 2.45) is 0 Å². The predicted octanol–water partition coefficient (Wildman–Crippen LogP) is 0.396. The molecule has 0 aliphatic carbocycles. The lowest BCUT2D eigenvalue weighted by atomic mass is 9.80. The van der Waals surface area contributed by atoms with Crippen molar-refractivity contribution in [3.8, 4) is 0 Å². The third-order valence-electron chi connectivity index (χ3n) is 3.37. The Morgan fingerprint density at radius 2 is 1.89 bits per heavy atom. The van der Waals surface area contributed by atoms with Crippen LogP contribution in [-0.4, -0.2) is 45.6 Å². The monoisotopic (exact) mass is 256 g/mol. The number of halogens is 1. The number of hydrogen-bond donors (Lipinski definition) is 3. The molecule has 5 atom stereocenters. The van der Waals surface area contributed by atoms with E-state index in [1.165, 1.54) is 6.92 Å². The smallest absolute Gasteiger partial charge is 0.189 e. The molecule has 0 amide bonds. The van der Waals surface area contributed by atoms with Crippen LogP contribution in [-0.2, 0) is 11.2 Å². The fourth-order valence-electron chi connectivity index (χ4n) is 2.30. The van der Waals surface area contributed by atoms with Crippen molar-refractivity contribution >= 4 is 0 Å². The molecule has 1 aromatic carbocycles. The fourth-order valence-corrected chi connectivity index (χ4v) is 2.30. The molecular formula is C13H17FO4. The standard InChI is InChI=1S/C13H17FO4/c1-8-11(15)13(17,10(14)12(16)18-8)7-9-5-3-2-4-6-9/h2-6,8,10-12,15-17H,7H2,1H3/t8-,10+,11+,12+,13-/m1/s1. The number of benzene rings is 1. The minimum Gasteiger partial charge on any atom is -0.387 e. The predicted molar refractivity (Wildman–Crippen MR) is 62.6 cm³/mol. The quantitative estimate of drug-likeness (QED) is 0.716. The van der Waals surface area contributed by atoms with Crippen molar-refractivity contribution in [1.82, 2.24) is 0 Å². The van der Waals surface area contributed by atoms with E-state index in [1.807, 2.05) is 0 Å². The summed E-state index contributed by atoms with van der Waals surface area (Å²) in [6.07, 6.45) is -6.08. The summed E-state index contributed by atoms with van der Waals surface area (Å²) >= 11 is 0. The number of ether oxygens (including phenoxy) is 1. The summed E-state index contributed by atoms with van der Waals surface area (Å²) in [4.78, 5) is 0. The van der Waals surface area contributed by atoms with E-state index in [-0.39, 0.29) is 6.42 Å². The molecule has 0 aromatic heterocycles. The highest BCUT2D eigenvalue weighted by molar-refractivity contribution is 5.19. The molecule has 1 heterocycles. The maximum absolute atomic E-state index is 14.0. The van der Waals surface area contributed by atoms with Crippen LogP contribution in [0.15, 0.2) is 30.3 Å². The van der Waals surface area contributed by atoms with Crippen molar-refractivity contribution in [3.63, 3.8) is 0 Å². The van der Waals surface area contributed by atoms with Crippen molar-refractivity contribution in [3.05, 3.63) is 35.9 Å². The van der Waals surface area contributed by atoms with Gasteiger partial charge in [0.25, 0.3) is 0 Å². The van der Waals surface area contributed by atoms with E-state index < -0.39 is 30.3 Å². The van der Waals surface area contributed by atoms with Gasteiger partial charge in [0.2, 0.25) is 0 Å². The molecule has 5 heteroatoms. The Kier molecular flexibility index (Phi) is 3.68. The van der Waals surface area contributed by atoms with Gasteiger partial charge in [-0.05, 0) is 12.5 Å². The second kappa shape index (κ2) is 4.93. The van der Waals surface area contributed by atoms with Gasteiger partial charge >= 0.3 is 0 Å². The Balaban J connectivity index is 2.26. The van der Waals surface area contributed by atoms with Crippen LogP contribution in [0.4, 0.5) is 4.39 Å². The van der Waals surface area contributed by atoms with E-state index >= 15 is 0 Å². The molecule has 0 unspecified atom stereocenters. The molecule has 0 spiro atoms. The zero-order valence-corrected chi connectivity index (χ0v) is 10.0. The highest BCUT2D eigenvalue weighted by Crippen LogP contribution is 2.34. The van der Waals surface area contributed by atoms with Gasteiger partial charge in [0.15, 0.2) is 12.5 Å². The second-order valence-corrected chi connectivity index (χ2v) is 4.73. The first-order valence-electron chi connectivity index (χ1n) is 5.87. The van der Waals surface area contributed by atoms with Gasteiger partial charge in [0.1, 0.15) is 11.7 Å². The lowest BCUT2D eigenvalue weighted by molar-refractivity contribution is -0.297. The van der Waals surface area contributed by atoms with Crippen LogP contribution in [0.1, 0.15) is 12.5 Å². The summed E-state index contributed by atoms with van der Waals surface area (Å²) in [6.45, 7) is 1.48. The Morgan fingerprint density at radius 3 is 2.50 bits per heavy atom. The van der Waals surface area contributed by atoms with Gasteiger partial charge in [-0.25, -0.2) is 4.39 Å². The molecule has 1 fully saturated rings. The number of rotatable bonds is 2. The van der Waals surface area contributed by atoms with E-state index in [0.717, 1.165) is 0 Å². The van der Waals surface area contributed by atoms with E-state index in [0.29, 0.717) is 5.56 Å². The van der Waals surface area contributed by atoms with Gasteiger partial charge in [-0.2, -0.15) is 0 Å². The van der Waals surface area contributed by atoms with Gasteiger partial charge in [0, 0.05) is 6.42 Å². The van der Waals surface area contributed by atoms with Crippen molar-refractivity contribution in [2.75, 3.05) is 0 Å². The maximum atomic E-state index is 14.0. The molecule has 2 rings (SSSR count). The van der Waals surface area contributed by atoms with Crippen LogP contribution in [0.25, 0.3) is 0 Å². The third-order valence-corrected chi connectivity index (χ3v) is 3.37. The molecule has 0 saturated carbocycles. The number of aliphatic hydroxyl groups excluding tert-OH is 2. The lowest BCUT2D eigenvalue weighted by Crippen LogP contribution is -2.65. The minimum absolute atomic E-state index is 0.0824. The lowest BCUT2D eigenvalue weighted by Gasteiger charge is -2.45. The van der Waals surface area contributed by atoms with Gasteiger partial charge < -0.3 is 20.1 Å². The number of hydrogen-bond acceptors (Lipinski definition) is 4. The van der Waals surface area contributed by atoms with E-state index in [2.05, 4.69) is 0 Å². The molecule has 4 nitrogen and oxygen atoms in total. The molecule has 0 radical (unpaired) electrons. The van der Waals surface area contributed by atoms with Crippen molar-refractivity contribution in [2.45, 2.75) is 43.6 Å². The first-order chi connectivity index (χ1) is 8.45. The molecule has 3 N–H and O–H groups in total. The highest BCUT2D eigenvalue weighted by Gasteiger charge is 2.54. The molecule has 1 aromatic rings. The van der Waals surface area contributed by atoms with Gasteiger partial charge in [-0.15, -0.1) is 0 Å². The highest BCUT2D eigenvalue weighted by atomic mass is 19.1. The molecule has 1 saturated heterocycles. The number of alkyl halides is 1. The zero-order chi connectivity index (χ0) is 13.3. The molecule has 1 aliphatic heterocycles. The fraction of sp³-hybridized carbons (Fsp3) is 0.538. The maximum Gasteiger partial charge on any atom is 0.189 e. The van der Waals surface area contributed by atoms with Crippen molar-refractivity contribution < 1.29 is 24.4 Å². The average Bonchev–Trinajstić information content (AvgIpc) is 2.36. The molecule has 18 heavy (non-hydrogen) atoms. The molecule has 1 aliphatic rings. The SMILES string of the molecule is C[C@H]1O[C@H](O)[C@H](F)[C@](O)(Cc2ccccc2)[C@H]1O.